The first-order valence-electron chi connectivity index (χ1n) is 8.92. The van der Waals surface area contributed by atoms with Crippen molar-refractivity contribution in [1.82, 2.24) is 5.16 Å². The molecule has 2 heterocycles. The van der Waals surface area contributed by atoms with Crippen molar-refractivity contribution in [3.8, 4) is 0 Å². The maximum atomic E-state index is 12.6. The summed E-state index contributed by atoms with van der Waals surface area (Å²) in [4.78, 5) is 12.4. The third-order valence-corrected chi connectivity index (χ3v) is 6.97. The largest absolute Gasteiger partial charge is 0.354 e. The van der Waals surface area contributed by atoms with Crippen molar-refractivity contribution in [2.24, 2.45) is 0 Å². The predicted molar refractivity (Wildman–Crippen MR) is 115 cm³/mol. The molecule has 3 rings (SSSR count). The lowest BCUT2D eigenvalue weighted by Gasteiger charge is -2.06. The first kappa shape index (κ1) is 20.8. The van der Waals surface area contributed by atoms with Gasteiger partial charge < -0.3 is 9.84 Å². The van der Waals surface area contributed by atoms with Crippen LogP contribution in [0.4, 0.5) is 11.4 Å². The number of benzene rings is 1. The molecule has 0 saturated heterocycles. The van der Waals surface area contributed by atoms with Crippen LogP contribution in [-0.4, -0.2) is 19.5 Å². The van der Waals surface area contributed by atoms with Crippen molar-refractivity contribution in [3.63, 3.8) is 0 Å². The van der Waals surface area contributed by atoms with Crippen LogP contribution in [0.25, 0.3) is 12.2 Å². The van der Waals surface area contributed by atoms with Gasteiger partial charge in [0.1, 0.15) is 15.6 Å². The summed E-state index contributed by atoms with van der Waals surface area (Å²) in [6, 6.07) is 10.4. The highest BCUT2D eigenvalue weighted by Gasteiger charge is 2.17. The molecule has 0 atom stereocenters. The fourth-order valence-corrected chi connectivity index (χ4v) is 4.72. The van der Waals surface area contributed by atoms with Crippen LogP contribution in [-0.2, 0) is 14.8 Å². The zero-order valence-electron chi connectivity index (χ0n) is 16.2. The number of hydrogen-bond acceptors (Lipinski definition) is 6. The van der Waals surface area contributed by atoms with Gasteiger partial charge in [-0.15, -0.1) is 11.3 Å². The summed E-state index contributed by atoms with van der Waals surface area (Å²) in [6.45, 7) is 5.43. The molecule has 2 N–H and O–H groups in total. The molecular formula is C20H21N3O4S2. The summed E-state index contributed by atoms with van der Waals surface area (Å²) >= 11 is 1.13. The fourth-order valence-electron chi connectivity index (χ4n) is 2.43. The first-order valence-corrected chi connectivity index (χ1v) is 11.2. The van der Waals surface area contributed by atoms with Gasteiger partial charge in [-0.2, -0.15) is 0 Å². The summed E-state index contributed by atoms with van der Waals surface area (Å²) < 4.78 is 33.2. The maximum Gasteiger partial charge on any atom is 0.271 e. The Kier molecular flexibility index (Phi) is 6.19. The number of anilines is 2. The molecule has 0 fully saturated rings. The minimum atomic E-state index is -3.67. The van der Waals surface area contributed by atoms with Crippen LogP contribution >= 0.6 is 11.3 Å². The molecule has 0 radical (unpaired) electrons. The number of nitrogens with zero attached hydrogens (tertiary/aromatic N) is 1. The van der Waals surface area contributed by atoms with Crippen molar-refractivity contribution in [3.05, 3.63) is 58.3 Å². The second kappa shape index (κ2) is 8.62. The average molecular weight is 432 g/mol. The molecule has 0 aliphatic rings. The number of aryl methyl sites for hydroxylation is 2. The van der Waals surface area contributed by atoms with Gasteiger partial charge in [-0.25, -0.2) is 8.42 Å². The molecule has 1 amide bonds. The lowest BCUT2D eigenvalue weighted by Crippen LogP contribution is -2.11. The second-order valence-corrected chi connectivity index (χ2v) is 9.40. The Bertz CT molecular complexity index is 1140. The van der Waals surface area contributed by atoms with Gasteiger partial charge in [0.25, 0.3) is 10.0 Å². The highest BCUT2D eigenvalue weighted by molar-refractivity contribution is 7.94. The Morgan fingerprint density at radius 2 is 1.86 bits per heavy atom. The third-order valence-electron chi connectivity index (χ3n) is 4.04. The summed E-state index contributed by atoms with van der Waals surface area (Å²) in [5.74, 6) is 0.262. The molecule has 9 heteroatoms. The lowest BCUT2D eigenvalue weighted by molar-refractivity contribution is -0.115. The molecule has 2 aromatic heterocycles. The zero-order chi connectivity index (χ0) is 21.0. The van der Waals surface area contributed by atoms with Gasteiger partial charge in [0.15, 0.2) is 5.76 Å². The van der Waals surface area contributed by atoms with Gasteiger partial charge in [0, 0.05) is 17.0 Å². The Hall–Kier alpha value is -2.91. The number of aromatic nitrogens is 1. The third kappa shape index (κ3) is 5.12. The molecule has 0 unspecified atom stereocenters. The van der Waals surface area contributed by atoms with Gasteiger partial charge in [-0.05, 0) is 50.3 Å². The topological polar surface area (TPSA) is 101 Å². The minimum absolute atomic E-state index is 0.141. The molecule has 3 aromatic rings. The number of thiophene rings is 1. The first-order chi connectivity index (χ1) is 13.8. The predicted octanol–water partition coefficient (Wildman–Crippen LogP) is 4.67. The zero-order valence-corrected chi connectivity index (χ0v) is 17.9. The average Bonchev–Trinajstić information content (AvgIpc) is 3.30. The van der Waals surface area contributed by atoms with Crippen molar-refractivity contribution >= 4 is 50.8 Å². The molecule has 152 valence electrons. The SMILES string of the molecule is CCC(=O)Nc1c(C)noc1C=Cc1ccc(S(=O)(=O)Nc2ccc(C)cc2)s1. The summed E-state index contributed by atoms with van der Waals surface area (Å²) in [7, 11) is -3.67. The number of sulfonamides is 1. The molecule has 7 nitrogen and oxygen atoms in total. The summed E-state index contributed by atoms with van der Waals surface area (Å²) in [6.07, 6.45) is 3.71. The van der Waals surface area contributed by atoms with Crippen LogP contribution in [0.3, 0.4) is 0 Å². The van der Waals surface area contributed by atoms with Gasteiger partial charge in [0.05, 0.1) is 0 Å². The molecule has 0 aliphatic carbocycles. The van der Waals surface area contributed by atoms with E-state index in [2.05, 4.69) is 15.2 Å². The number of carbonyl (C=O) groups is 1. The summed E-state index contributed by atoms with van der Waals surface area (Å²) in [5, 5.41) is 6.63. The van der Waals surface area contributed by atoms with Crippen LogP contribution in [0.1, 0.15) is 35.2 Å². The van der Waals surface area contributed by atoms with Crippen molar-refractivity contribution in [1.29, 1.82) is 0 Å². The van der Waals surface area contributed by atoms with E-state index in [1.54, 1.807) is 50.3 Å². The van der Waals surface area contributed by atoms with Gasteiger partial charge in [-0.3, -0.25) is 9.52 Å². The minimum Gasteiger partial charge on any atom is -0.354 e. The van der Waals surface area contributed by atoms with E-state index in [1.807, 2.05) is 19.1 Å². The molecule has 0 spiro atoms. The van der Waals surface area contributed by atoms with Crippen molar-refractivity contribution < 1.29 is 17.7 Å². The highest BCUT2D eigenvalue weighted by Crippen LogP contribution is 2.27. The normalized spacial score (nSPS) is 11.7. The van der Waals surface area contributed by atoms with Crippen molar-refractivity contribution in [2.75, 3.05) is 10.0 Å². The summed E-state index contributed by atoms with van der Waals surface area (Å²) in [5.41, 5.74) is 2.64. The number of hydrogen-bond donors (Lipinski definition) is 2. The van der Waals surface area contributed by atoms with E-state index in [0.29, 0.717) is 29.2 Å². The molecule has 1 aromatic carbocycles. The van der Waals surface area contributed by atoms with Gasteiger partial charge >= 0.3 is 0 Å². The standard InChI is InChI=1S/C20H21N3O4S2/c1-4-18(24)21-20-14(3)22-27-17(20)11-9-16-10-12-19(28-16)29(25,26)23-15-7-5-13(2)6-8-15/h5-12,23H,4H2,1-3H3,(H,21,24). The Morgan fingerprint density at radius 1 is 1.14 bits per heavy atom. The van der Waals surface area contributed by atoms with Crippen LogP contribution in [0.2, 0.25) is 0 Å². The molecular weight excluding hydrogens is 410 g/mol. The molecule has 29 heavy (non-hydrogen) atoms. The van der Waals surface area contributed by atoms with E-state index in [4.69, 9.17) is 4.52 Å². The highest BCUT2D eigenvalue weighted by atomic mass is 32.2. The quantitative estimate of drug-likeness (QED) is 0.566. The maximum absolute atomic E-state index is 12.6. The Morgan fingerprint density at radius 3 is 2.55 bits per heavy atom. The number of rotatable bonds is 7. The monoisotopic (exact) mass is 431 g/mol. The van der Waals surface area contributed by atoms with Crippen LogP contribution in [0.5, 0.6) is 0 Å². The Balaban J connectivity index is 1.76. The lowest BCUT2D eigenvalue weighted by atomic mass is 10.2. The van der Waals surface area contributed by atoms with E-state index >= 15 is 0 Å². The van der Waals surface area contributed by atoms with Gasteiger partial charge in [-0.1, -0.05) is 29.8 Å². The van der Waals surface area contributed by atoms with Gasteiger partial charge in [0.2, 0.25) is 5.91 Å². The smallest absolute Gasteiger partial charge is 0.271 e. The van der Waals surface area contributed by atoms with E-state index in [0.717, 1.165) is 21.8 Å². The molecule has 0 saturated carbocycles. The van der Waals surface area contributed by atoms with Crippen LogP contribution < -0.4 is 10.0 Å². The van der Waals surface area contributed by atoms with Crippen molar-refractivity contribution in [2.45, 2.75) is 31.4 Å². The Labute approximate surface area is 173 Å². The fraction of sp³-hybridized carbons (Fsp3) is 0.200. The van der Waals surface area contributed by atoms with Crippen LogP contribution in [0.15, 0.2) is 45.1 Å². The number of carbonyl (C=O) groups excluding carboxylic acids is 1. The molecule has 0 bridgehead atoms. The van der Waals surface area contributed by atoms with Crippen LogP contribution in [0, 0.1) is 13.8 Å². The molecule has 0 aliphatic heterocycles. The van der Waals surface area contributed by atoms with E-state index in [1.165, 1.54) is 0 Å². The van der Waals surface area contributed by atoms with E-state index in [9.17, 15) is 13.2 Å². The van der Waals surface area contributed by atoms with E-state index < -0.39 is 10.0 Å². The van der Waals surface area contributed by atoms with E-state index in [-0.39, 0.29) is 10.1 Å². The number of amides is 1. The second-order valence-electron chi connectivity index (χ2n) is 6.37. The number of nitrogens with one attached hydrogen (secondary N) is 2.